The molecule has 1 saturated heterocycles. The van der Waals surface area contributed by atoms with E-state index in [1.165, 1.54) is 25.0 Å². The number of hydrogen-bond donors (Lipinski definition) is 2. The summed E-state index contributed by atoms with van der Waals surface area (Å²) in [6, 6.07) is 9.10. The topological polar surface area (TPSA) is 70.5 Å². The van der Waals surface area contributed by atoms with E-state index in [4.69, 9.17) is 4.74 Å². The molecule has 2 heterocycles. The van der Waals surface area contributed by atoms with E-state index in [1.807, 2.05) is 18.2 Å². The molecule has 5 rings (SSSR count). The lowest BCUT2D eigenvalue weighted by molar-refractivity contribution is -0.170. The first-order valence-corrected chi connectivity index (χ1v) is 13.1. The van der Waals surface area contributed by atoms with Crippen molar-refractivity contribution in [3.8, 4) is 5.75 Å². The summed E-state index contributed by atoms with van der Waals surface area (Å²) in [6.07, 6.45) is 3.75. The standard InChI is InChI=1S/C29H35F3N4O2/c1-17(21-7-6-8-23(25(21)30)29(31,32)27(3,4)37)33-26-22-13-20(9-10-24(22)34-18(2)35-26)38-15-19-14-28(11-12-28)16-36(19)5/h6-10,13,17,19,37H,11-12,14-16H2,1-5H3,(H,33,34,35)/t17-,19+/m1/s1. The summed E-state index contributed by atoms with van der Waals surface area (Å²) in [5.74, 6) is -3.17. The van der Waals surface area contributed by atoms with Crippen molar-refractivity contribution < 1.29 is 23.0 Å². The number of benzene rings is 2. The number of halogens is 3. The van der Waals surface area contributed by atoms with E-state index in [0.29, 0.717) is 46.4 Å². The van der Waals surface area contributed by atoms with Crippen LogP contribution < -0.4 is 10.1 Å². The lowest BCUT2D eigenvalue weighted by Gasteiger charge is -2.30. The first-order valence-electron chi connectivity index (χ1n) is 13.1. The molecule has 2 aliphatic rings. The van der Waals surface area contributed by atoms with Crippen LogP contribution in [0.2, 0.25) is 0 Å². The number of nitrogens with zero attached hydrogens (tertiary/aromatic N) is 3. The highest BCUT2D eigenvalue weighted by atomic mass is 19.3. The van der Waals surface area contributed by atoms with Crippen molar-refractivity contribution in [3.05, 3.63) is 59.2 Å². The summed E-state index contributed by atoms with van der Waals surface area (Å²) >= 11 is 0. The van der Waals surface area contributed by atoms with Gasteiger partial charge in [0.1, 0.15) is 35.4 Å². The summed E-state index contributed by atoms with van der Waals surface area (Å²) in [6.45, 7) is 7.07. The Morgan fingerprint density at radius 1 is 1.21 bits per heavy atom. The van der Waals surface area contributed by atoms with E-state index in [0.717, 1.165) is 32.9 Å². The van der Waals surface area contributed by atoms with Crippen molar-refractivity contribution in [1.29, 1.82) is 0 Å². The van der Waals surface area contributed by atoms with Crippen LogP contribution in [0.1, 0.15) is 63.0 Å². The lowest BCUT2D eigenvalue weighted by Crippen LogP contribution is -2.41. The number of fused-ring (bicyclic) bond motifs is 1. The lowest BCUT2D eigenvalue weighted by atomic mass is 9.91. The number of aryl methyl sites for hydroxylation is 1. The van der Waals surface area contributed by atoms with Crippen LogP contribution in [0.15, 0.2) is 36.4 Å². The van der Waals surface area contributed by atoms with Gasteiger partial charge in [0.05, 0.1) is 17.1 Å². The zero-order valence-electron chi connectivity index (χ0n) is 22.5. The number of likely N-dealkylation sites (tertiary alicyclic amines) is 1. The summed E-state index contributed by atoms with van der Waals surface area (Å²) in [5, 5.41) is 13.8. The average Bonchev–Trinajstić information content (AvgIpc) is 3.51. The minimum absolute atomic E-state index is 0.0431. The van der Waals surface area contributed by atoms with Gasteiger partial charge in [0, 0.05) is 23.5 Å². The Bertz CT molecular complexity index is 1350. The van der Waals surface area contributed by atoms with Gasteiger partial charge in [-0.3, -0.25) is 4.90 Å². The molecule has 204 valence electrons. The van der Waals surface area contributed by atoms with Gasteiger partial charge in [0.25, 0.3) is 0 Å². The number of alkyl halides is 2. The first kappa shape index (κ1) is 26.7. The van der Waals surface area contributed by atoms with E-state index < -0.39 is 28.9 Å². The van der Waals surface area contributed by atoms with Crippen LogP contribution in [0.5, 0.6) is 5.75 Å². The van der Waals surface area contributed by atoms with Crippen LogP contribution in [0.4, 0.5) is 19.0 Å². The van der Waals surface area contributed by atoms with E-state index in [-0.39, 0.29) is 5.56 Å². The van der Waals surface area contributed by atoms with Crippen LogP contribution in [0.25, 0.3) is 10.9 Å². The van der Waals surface area contributed by atoms with E-state index >= 15 is 4.39 Å². The maximum absolute atomic E-state index is 15.4. The number of rotatable bonds is 8. The molecule has 0 radical (unpaired) electrons. The first-order chi connectivity index (χ1) is 17.8. The normalized spacial score (nSPS) is 20.2. The Morgan fingerprint density at radius 2 is 1.95 bits per heavy atom. The van der Waals surface area contributed by atoms with Crippen molar-refractivity contribution in [2.45, 2.75) is 70.6 Å². The number of aromatic nitrogens is 2. The van der Waals surface area contributed by atoms with Crippen molar-refractivity contribution >= 4 is 16.7 Å². The van der Waals surface area contributed by atoms with Crippen molar-refractivity contribution in [3.63, 3.8) is 0 Å². The molecule has 6 nitrogen and oxygen atoms in total. The summed E-state index contributed by atoms with van der Waals surface area (Å²) in [7, 11) is 2.15. The van der Waals surface area contributed by atoms with Crippen LogP contribution in [0, 0.1) is 18.2 Å². The second kappa shape index (κ2) is 9.38. The van der Waals surface area contributed by atoms with Crippen molar-refractivity contribution in [2.75, 3.05) is 25.5 Å². The predicted molar refractivity (Wildman–Crippen MR) is 141 cm³/mol. The largest absolute Gasteiger partial charge is 0.492 e. The molecule has 0 amide bonds. The molecule has 2 fully saturated rings. The van der Waals surface area contributed by atoms with E-state index in [2.05, 4.69) is 27.2 Å². The van der Waals surface area contributed by atoms with Gasteiger partial charge in [0.15, 0.2) is 0 Å². The molecule has 0 bridgehead atoms. The fourth-order valence-electron chi connectivity index (χ4n) is 5.46. The van der Waals surface area contributed by atoms with Gasteiger partial charge < -0.3 is 15.2 Å². The van der Waals surface area contributed by atoms with Crippen LogP contribution >= 0.6 is 0 Å². The number of anilines is 1. The SMILES string of the molecule is Cc1nc(N[C@H](C)c2cccc(C(F)(F)C(C)(C)O)c2F)c2cc(OC[C@@H]3CC4(CC4)CN3C)ccc2n1. The molecule has 38 heavy (non-hydrogen) atoms. The molecule has 1 aliphatic heterocycles. The molecule has 1 spiro atoms. The fraction of sp³-hybridized carbons (Fsp3) is 0.517. The highest BCUT2D eigenvalue weighted by Gasteiger charge is 2.51. The molecule has 1 aromatic heterocycles. The van der Waals surface area contributed by atoms with Gasteiger partial charge in [-0.1, -0.05) is 12.1 Å². The maximum Gasteiger partial charge on any atom is 0.303 e. The average molecular weight is 529 g/mol. The van der Waals surface area contributed by atoms with Gasteiger partial charge in [-0.05, 0) is 83.7 Å². The van der Waals surface area contributed by atoms with E-state index in [1.54, 1.807) is 13.8 Å². The van der Waals surface area contributed by atoms with Gasteiger partial charge in [-0.2, -0.15) is 8.78 Å². The van der Waals surface area contributed by atoms with Gasteiger partial charge >= 0.3 is 5.92 Å². The number of hydrogen-bond acceptors (Lipinski definition) is 6. The van der Waals surface area contributed by atoms with Crippen molar-refractivity contribution in [1.82, 2.24) is 14.9 Å². The second-order valence-corrected chi connectivity index (χ2v) is 11.6. The second-order valence-electron chi connectivity index (χ2n) is 11.6. The Hall–Kier alpha value is -2.91. The Morgan fingerprint density at radius 3 is 2.61 bits per heavy atom. The molecule has 3 aromatic rings. The van der Waals surface area contributed by atoms with Crippen LogP contribution in [0.3, 0.4) is 0 Å². The zero-order valence-corrected chi connectivity index (χ0v) is 22.5. The minimum atomic E-state index is -3.77. The van der Waals surface area contributed by atoms with Crippen LogP contribution in [-0.2, 0) is 5.92 Å². The van der Waals surface area contributed by atoms with E-state index in [9.17, 15) is 13.9 Å². The fourth-order valence-corrected chi connectivity index (χ4v) is 5.46. The monoisotopic (exact) mass is 528 g/mol. The number of likely N-dealkylation sites (N-methyl/N-ethyl adjacent to an activating group) is 1. The minimum Gasteiger partial charge on any atom is -0.492 e. The maximum atomic E-state index is 15.4. The number of ether oxygens (including phenoxy) is 1. The number of nitrogens with one attached hydrogen (secondary N) is 1. The Labute approximate surface area is 221 Å². The molecular formula is C29H35F3N4O2. The highest BCUT2D eigenvalue weighted by molar-refractivity contribution is 5.90. The predicted octanol–water partition coefficient (Wildman–Crippen LogP) is 5.98. The van der Waals surface area contributed by atoms with Gasteiger partial charge in [-0.25, -0.2) is 14.4 Å². The van der Waals surface area contributed by atoms with Crippen LogP contribution in [-0.4, -0.2) is 51.8 Å². The van der Waals surface area contributed by atoms with Gasteiger partial charge in [0.2, 0.25) is 0 Å². The molecule has 2 N–H and O–H groups in total. The molecule has 0 unspecified atom stereocenters. The number of aliphatic hydroxyl groups is 1. The summed E-state index contributed by atoms with van der Waals surface area (Å²) in [4.78, 5) is 11.4. The Kier molecular flexibility index (Phi) is 6.59. The molecule has 1 aliphatic carbocycles. The third kappa shape index (κ3) is 4.94. The summed E-state index contributed by atoms with van der Waals surface area (Å²) in [5.41, 5.74) is -2.04. The van der Waals surface area contributed by atoms with Gasteiger partial charge in [-0.15, -0.1) is 0 Å². The molecule has 1 saturated carbocycles. The Balaban J connectivity index is 1.39. The molecular weight excluding hydrogens is 493 g/mol. The third-order valence-electron chi connectivity index (χ3n) is 8.01. The zero-order chi connectivity index (χ0) is 27.5. The van der Waals surface area contributed by atoms with Crippen molar-refractivity contribution in [2.24, 2.45) is 5.41 Å². The molecule has 9 heteroatoms. The highest BCUT2D eigenvalue weighted by Crippen LogP contribution is 2.54. The smallest absolute Gasteiger partial charge is 0.303 e. The summed E-state index contributed by atoms with van der Waals surface area (Å²) < 4.78 is 51.1. The molecule has 2 atom stereocenters. The third-order valence-corrected chi connectivity index (χ3v) is 8.01. The quantitative estimate of drug-likeness (QED) is 0.375. The molecule has 2 aromatic carbocycles.